The fraction of sp³-hybridized carbons (Fsp3) is 0.615. The van der Waals surface area contributed by atoms with Gasteiger partial charge in [0.15, 0.2) is 5.69 Å². The summed E-state index contributed by atoms with van der Waals surface area (Å²) >= 11 is 0. The second-order valence-electron chi connectivity index (χ2n) is 4.92. The highest BCUT2D eigenvalue weighted by molar-refractivity contribution is 5.86. The van der Waals surface area contributed by atoms with Gasteiger partial charge in [-0.3, -0.25) is 4.90 Å². The van der Waals surface area contributed by atoms with Crippen LogP contribution in [0.4, 0.5) is 5.82 Å². The van der Waals surface area contributed by atoms with Gasteiger partial charge in [0.1, 0.15) is 5.82 Å². The Morgan fingerprint density at radius 3 is 2.79 bits per heavy atom. The predicted molar refractivity (Wildman–Crippen MR) is 72.1 cm³/mol. The van der Waals surface area contributed by atoms with E-state index in [1.165, 1.54) is 20.0 Å². The van der Waals surface area contributed by atoms with Gasteiger partial charge in [-0.2, -0.15) is 0 Å². The molecule has 1 fully saturated rings. The van der Waals surface area contributed by atoms with Crippen LogP contribution in [0.2, 0.25) is 0 Å². The lowest BCUT2D eigenvalue weighted by Crippen LogP contribution is -2.36. The van der Waals surface area contributed by atoms with Crippen molar-refractivity contribution in [2.24, 2.45) is 0 Å². The number of anilines is 1. The van der Waals surface area contributed by atoms with Crippen molar-refractivity contribution in [3.63, 3.8) is 0 Å². The highest BCUT2D eigenvalue weighted by Crippen LogP contribution is 2.26. The van der Waals surface area contributed by atoms with Crippen molar-refractivity contribution in [3.05, 3.63) is 17.8 Å². The molecule has 2 rings (SSSR count). The van der Waals surface area contributed by atoms with Crippen LogP contribution in [0.1, 0.15) is 30.3 Å². The van der Waals surface area contributed by atoms with E-state index in [1.807, 2.05) is 0 Å². The van der Waals surface area contributed by atoms with Crippen LogP contribution in [-0.2, 0) is 4.74 Å². The van der Waals surface area contributed by atoms with Crippen LogP contribution in [-0.4, -0.2) is 53.9 Å². The molecule has 1 unspecified atom stereocenters. The van der Waals surface area contributed by atoms with Gasteiger partial charge in [0.25, 0.3) is 0 Å². The number of carbonyl (C=O) groups excluding carboxylic acids is 1. The fourth-order valence-electron chi connectivity index (χ4n) is 1.88. The summed E-state index contributed by atoms with van der Waals surface area (Å²) in [5, 5.41) is 11.0. The monoisotopic (exact) mass is 264 g/mol. The molecule has 1 aliphatic rings. The minimum Gasteiger partial charge on any atom is -0.464 e. The predicted octanol–water partition coefficient (Wildman–Crippen LogP) is 1.16. The summed E-state index contributed by atoms with van der Waals surface area (Å²) in [6, 6.07) is 4.53. The molecule has 0 aliphatic heterocycles. The number of methoxy groups -OCH3 is 1. The first-order valence-corrected chi connectivity index (χ1v) is 6.49. The Labute approximate surface area is 113 Å². The average molecular weight is 264 g/mol. The molecule has 104 valence electrons. The van der Waals surface area contributed by atoms with Crippen molar-refractivity contribution in [1.29, 1.82) is 0 Å². The first-order chi connectivity index (χ1) is 9.11. The Bertz CT molecular complexity index is 431. The quantitative estimate of drug-likeness (QED) is 0.778. The van der Waals surface area contributed by atoms with E-state index in [4.69, 9.17) is 0 Å². The largest absolute Gasteiger partial charge is 0.464 e. The topological polar surface area (TPSA) is 67.3 Å². The van der Waals surface area contributed by atoms with Crippen molar-refractivity contribution in [3.8, 4) is 0 Å². The molecule has 0 bridgehead atoms. The Balaban J connectivity index is 1.83. The van der Waals surface area contributed by atoms with Gasteiger partial charge in [-0.1, -0.05) is 0 Å². The molecule has 0 amide bonds. The Kier molecular flexibility index (Phi) is 4.31. The number of hydrogen-bond donors (Lipinski definition) is 1. The minimum atomic E-state index is -0.471. The van der Waals surface area contributed by atoms with Crippen LogP contribution in [0.3, 0.4) is 0 Å². The van der Waals surface area contributed by atoms with Crippen molar-refractivity contribution < 1.29 is 9.53 Å². The second kappa shape index (κ2) is 5.97. The molecule has 6 nitrogen and oxygen atoms in total. The Morgan fingerprint density at radius 1 is 1.53 bits per heavy atom. The van der Waals surface area contributed by atoms with Gasteiger partial charge in [-0.25, -0.2) is 4.79 Å². The number of nitrogens with one attached hydrogen (secondary N) is 1. The number of esters is 1. The van der Waals surface area contributed by atoms with Crippen molar-refractivity contribution >= 4 is 11.8 Å². The number of nitrogens with zero attached hydrogens (tertiary/aromatic N) is 3. The number of ether oxygens (including phenoxy) is 1. The van der Waals surface area contributed by atoms with Gasteiger partial charge in [-0.05, 0) is 38.9 Å². The second-order valence-corrected chi connectivity index (χ2v) is 4.92. The van der Waals surface area contributed by atoms with Crippen molar-refractivity contribution in [2.75, 3.05) is 26.0 Å². The summed E-state index contributed by atoms with van der Waals surface area (Å²) in [5.41, 5.74) is 0.219. The molecule has 1 aromatic heterocycles. The van der Waals surface area contributed by atoms with Gasteiger partial charge in [0.05, 0.1) is 7.11 Å². The van der Waals surface area contributed by atoms with Gasteiger partial charge in [-0.15, -0.1) is 10.2 Å². The lowest BCUT2D eigenvalue weighted by Gasteiger charge is -2.24. The lowest BCUT2D eigenvalue weighted by molar-refractivity contribution is 0.0593. The molecule has 1 N–H and O–H groups in total. The summed E-state index contributed by atoms with van der Waals surface area (Å²) in [5.74, 6) is 0.199. The lowest BCUT2D eigenvalue weighted by atomic mass is 10.3. The molecule has 1 aliphatic carbocycles. The maximum Gasteiger partial charge on any atom is 0.358 e. The fourth-order valence-corrected chi connectivity index (χ4v) is 1.88. The minimum absolute atomic E-state index is 0.219. The van der Waals surface area contributed by atoms with E-state index >= 15 is 0 Å². The van der Waals surface area contributed by atoms with E-state index in [1.54, 1.807) is 12.1 Å². The molecule has 6 heteroatoms. The molecule has 19 heavy (non-hydrogen) atoms. The van der Waals surface area contributed by atoms with Gasteiger partial charge < -0.3 is 10.1 Å². The maximum atomic E-state index is 11.2. The zero-order chi connectivity index (χ0) is 13.8. The number of carbonyl (C=O) groups is 1. The summed E-state index contributed by atoms with van der Waals surface area (Å²) in [7, 11) is 3.47. The highest BCUT2D eigenvalue weighted by Gasteiger charge is 2.28. The van der Waals surface area contributed by atoms with E-state index < -0.39 is 5.97 Å². The molecule has 0 aromatic carbocycles. The zero-order valence-electron chi connectivity index (χ0n) is 11.6. The van der Waals surface area contributed by atoms with Crippen LogP contribution in [0.15, 0.2) is 12.1 Å². The average Bonchev–Trinajstić information content (AvgIpc) is 3.28. The third kappa shape index (κ3) is 3.64. The molecular formula is C13H20N4O2. The molecule has 0 radical (unpaired) electrons. The van der Waals surface area contributed by atoms with Crippen LogP contribution in [0.5, 0.6) is 0 Å². The van der Waals surface area contributed by atoms with Gasteiger partial charge in [0.2, 0.25) is 0 Å². The van der Waals surface area contributed by atoms with E-state index in [-0.39, 0.29) is 5.69 Å². The van der Waals surface area contributed by atoms with E-state index in [0.717, 1.165) is 12.6 Å². The maximum absolute atomic E-state index is 11.2. The SMILES string of the molecule is COC(=O)c1ccc(NCC(C)N(C)C2CC2)nn1. The van der Waals surface area contributed by atoms with E-state index in [9.17, 15) is 4.79 Å². The van der Waals surface area contributed by atoms with Gasteiger partial charge >= 0.3 is 5.97 Å². The van der Waals surface area contributed by atoms with Crippen LogP contribution in [0, 0.1) is 0 Å². The standard InChI is InChI=1S/C13H20N4O2/c1-9(17(2)10-4-5-10)8-14-12-7-6-11(15-16-12)13(18)19-3/h6-7,9-10H,4-5,8H2,1-3H3,(H,14,16). The van der Waals surface area contributed by atoms with Crippen molar-refractivity contribution in [2.45, 2.75) is 31.8 Å². The molecule has 1 atom stereocenters. The Hall–Kier alpha value is -1.69. The number of likely N-dealkylation sites (N-methyl/N-ethyl adjacent to an activating group) is 1. The highest BCUT2D eigenvalue weighted by atomic mass is 16.5. The molecule has 1 heterocycles. The van der Waals surface area contributed by atoms with Crippen LogP contribution >= 0.6 is 0 Å². The van der Waals surface area contributed by atoms with E-state index in [2.05, 4.69) is 39.1 Å². The summed E-state index contributed by atoms with van der Waals surface area (Å²) in [4.78, 5) is 13.6. The number of rotatable bonds is 6. The van der Waals surface area contributed by atoms with Crippen LogP contribution in [0.25, 0.3) is 0 Å². The Morgan fingerprint density at radius 2 is 2.26 bits per heavy atom. The number of aromatic nitrogens is 2. The summed E-state index contributed by atoms with van der Waals surface area (Å²) in [6.07, 6.45) is 2.60. The van der Waals surface area contributed by atoms with Crippen molar-refractivity contribution in [1.82, 2.24) is 15.1 Å². The third-order valence-electron chi connectivity index (χ3n) is 3.46. The smallest absolute Gasteiger partial charge is 0.358 e. The normalized spacial score (nSPS) is 16.2. The molecule has 0 saturated heterocycles. The summed E-state index contributed by atoms with van der Waals surface area (Å²) < 4.78 is 4.57. The molecule has 1 aromatic rings. The van der Waals surface area contributed by atoms with Crippen LogP contribution < -0.4 is 5.32 Å². The number of hydrogen-bond acceptors (Lipinski definition) is 6. The van der Waals surface area contributed by atoms with E-state index in [0.29, 0.717) is 11.9 Å². The first kappa shape index (κ1) is 13.7. The first-order valence-electron chi connectivity index (χ1n) is 6.49. The third-order valence-corrected chi connectivity index (χ3v) is 3.46. The van der Waals surface area contributed by atoms with Gasteiger partial charge in [0, 0.05) is 18.6 Å². The molecule has 0 spiro atoms. The summed E-state index contributed by atoms with van der Waals surface area (Å²) in [6.45, 7) is 2.99. The molecule has 1 saturated carbocycles. The molecular weight excluding hydrogens is 244 g/mol. The zero-order valence-corrected chi connectivity index (χ0v) is 11.6.